The fourth-order valence-electron chi connectivity index (χ4n) is 0. The monoisotopic (exact) mass is 229 g/mol. The van der Waals surface area contributed by atoms with Crippen molar-refractivity contribution in [1.29, 1.82) is 0 Å². The number of rotatable bonds is 0. The summed E-state index contributed by atoms with van der Waals surface area (Å²) in [4.78, 5) is 0. The summed E-state index contributed by atoms with van der Waals surface area (Å²) in [7, 11) is 0. The van der Waals surface area contributed by atoms with Crippen molar-refractivity contribution in [2.75, 3.05) is 0 Å². The fraction of sp³-hybridized carbons (Fsp3) is 1.00. The van der Waals surface area contributed by atoms with E-state index in [1.54, 1.807) is 0 Å². The Morgan fingerprint density at radius 3 is 0.714 bits per heavy atom. The van der Waals surface area contributed by atoms with Gasteiger partial charge in [0.1, 0.15) is 0 Å². The van der Waals surface area contributed by atoms with E-state index in [0.29, 0.717) is 0 Å². The third kappa shape index (κ3) is 399. The molecule has 0 nitrogen and oxygen atoms in total. The average molecular weight is 229 g/mol. The van der Waals surface area contributed by atoms with Gasteiger partial charge < -0.3 is 0 Å². The zero-order chi connectivity index (χ0) is 2.71. The van der Waals surface area contributed by atoms with Gasteiger partial charge in [-0.3, -0.25) is 0 Å². The molecule has 0 unspecified atom stereocenters. The third-order valence-corrected chi connectivity index (χ3v) is 0. The molecule has 0 aromatic rings. The molecule has 0 atom stereocenters. The number of hydrogen-bond donors (Lipinski definition) is 0. The number of halogens is 3. The molecule has 0 saturated carbocycles. The van der Waals surface area contributed by atoms with E-state index in [1.807, 2.05) is 0 Å². The summed E-state index contributed by atoms with van der Waals surface area (Å²) in [5.41, 5.74) is 0. The van der Waals surface area contributed by atoms with Crippen LogP contribution in [0, 0.1) is 0 Å². The predicted octanol–water partition coefficient (Wildman–Crippen LogP) is 0.389. The van der Waals surface area contributed by atoms with Crippen LogP contribution in [0.25, 0.3) is 0 Å². The maximum absolute atomic E-state index is 9.74. The zero-order valence-electron chi connectivity index (χ0n) is 1.13. The van der Waals surface area contributed by atoms with Crippen molar-refractivity contribution >= 4 is 0 Å². The molecule has 0 aromatic heterocycles. The second-order valence-electron chi connectivity index (χ2n) is 0.0540. The van der Waals surface area contributed by atoms with Crippen LogP contribution in [0.3, 0.4) is 0 Å². The Balaban J connectivity index is -0.00000000333. The zero-order valence-corrected chi connectivity index (χ0v) is 3.29. The average Bonchev–Trinajstić information content (AvgIpc) is 0.918. The Morgan fingerprint density at radius 1 is 0.714 bits per heavy atom. The van der Waals surface area contributed by atoms with Crippen molar-refractivity contribution in [3.8, 4) is 0 Å². The van der Waals surface area contributed by atoms with E-state index in [-0.39, 0.29) is 29.7 Å². The molecule has 0 radical (unpaired) electrons. The Morgan fingerprint density at radius 2 is 0.714 bits per heavy atom. The van der Waals surface area contributed by atoms with E-state index in [1.165, 1.54) is 0 Å². The first kappa shape index (κ1) is 49.1. The van der Waals surface area contributed by atoms with Gasteiger partial charge in [-0.15, -0.1) is 0 Å². The van der Waals surface area contributed by atoms with Crippen molar-refractivity contribution in [2.45, 2.75) is 29.7 Å². The minimum absolute atomic E-state index is 0. The van der Waals surface area contributed by atoms with Crippen LogP contribution in [-0.2, 0) is 0 Å². The van der Waals surface area contributed by atoms with Gasteiger partial charge in [0.15, 0.2) is 0 Å². The molecule has 3 heteroatoms. The summed E-state index contributed by atoms with van der Waals surface area (Å²) in [6.45, 7) is 0. The van der Waals surface area contributed by atoms with E-state index >= 15 is 0 Å². The van der Waals surface area contributed by atoms with Crippen LogP contribution in [0.15, 0.2) is 0 Å². The Hall–Kier alpha value is 0.590. The maximum atomic E-state index is 9.74. The van der Waals surface area contributed by atoms with Gasteiger partial charge in [0.2, 0.25) is 0 Å². The van der Waals surface area contributed by atoms with Gasteiger partial charge in [-0.2, -0.15) is 0 Å². The van der Waals surface area contributed by atoms with Gasteiger partial charge in [0, 0.05) is 0 Å². The van der Waals surface area contributed by atoms with Crippen LogP contribution < -0.4 is 22.4 Å². The van der Waals surface area contributed by atoms with Gasteiger partial charge in [0.25, 0.3) is 0 Å². The van der Waals surface area contributed by atoms with Crippen LogP contribution >= 0.6 is 0 Å². The third-order valence-electron chi connectivity index (χ3n) is 0. The molecule has 0 heterocycles. The van der Waals surface area contributed by atoms with Crippen molar-refractivity contribution in [3.05, 3.63) is 0 Å². The molecular weight excluding hydrogens is 213 g/mol. The van der Waals surface area contributed by atoms with E-state index in [2.05, 4.69) is 0 Å². The first-order chi connectivity index (χ1) is 1.41. The summed E-state index contributed by atoms with van der Waals surface area (Å²) in [5.74, 6) is 0. The molecule has 0 aliphatic rings. The molecule has 0 spiro atoms. The molecule has 0 N–H and O–H groups in total. The molecule has 0 fully saturated rings. The fourth-order valence-corrected chi connectivity index (χ4v) is 0. The van der Waals surface area contributed by atoms with Crippen molar-refractivity contribution in [2.24, 2.45) is 0 Å². The quantitative estimate of drug-likeness (QED) is 0.527. The van der Waals surface area contributed by atoms with Gasteiger partial charge in [0.05, 0.1) is 0 Å². The standard InChI is InChI=1S/4CH4.F2I/c;;;;1-3-2/h4*1H4;/q;;;;-1. The first-order valence-corrected chi connectivity index (χ1v) is 1.92. The predicted molar refractivity (Wildman–Crippen MR) is 29.1 cm³/mol. The molecular formula is C4H16F2I-. The molecule has 0 bridgehead atoms. The molecule has 0 amide bonds. The SMILES string of the molecule is C.C.C.C.F[I-]F. The van der Waals surface area contributed by atoms with Gasteiger partial charge >= 0.3 is 28.1 Å². The van der Waals surface area contributed by atoms with Crippen molar-refractivity contribution in [3.63, 3.8) is 0 Å². The van der Waals surface area contributed by atoms with E-state index in [9.17, 15) is 5.72 Å². The molecule has 0 aliphatic heterocycles. The van der Waals surface area contributed by atoms with Crippen molar-refractivity contribution in [1.82, 2.24) is 0 Å². The van der Waals surface area contributed by atoms with E-state index in [0.717, 1.165) is 0 Å². The van der Waals surface area contributed by atoms with Crippen LogP contribution in [-0.4, -0.2) is 0 Å². The Bertz CT molecular complexity index is 9.65. The molecule has 0 saturated heterocycles. The van der Waals surface area contributed by atoms with Gasteiger partial charge in [-0.1, -0.05) is 29.7 Å². The Labute approximate surface area is 58.1 Å². The summed E-state index contributed by atoms with van der Waals surface area (Å²) < 4.78 is 19.5. The molecule has 0 rings (SSSR count). The Kier molecular flexibility index (Phi) is 572. The second-order valence-corrected chi connectivity index (χ2v) is 0.362. The van der Waals surface area contributed by atoms with Crippen LogP contribution in [0.5, 0.6) is 0 Å². The van der Waals surface area contributed by atoms with Crippen LogP contribution in [0.2, 0.25) is 0 Å². The van der Waals surface area contributed by atoms with Gasteiger partial charge in [-0.05, 0) is 0 Å². The normalized spacial score (nSPS) is 3.14. The first-order valence-electron chi connectivity index (χ1n) is 0.286. The van der Waals surface area contributed by atoms with Crippen molar-refractivity contribution < 1.29 is 28.1 Å². The number of hydrogen-bond acceptors (Lipinski definition) is 0. The molecule has 0 aromatic carbocycles. The summed E-state index contributed by atoms with van der Waals surface area (Å²) >= 11 is -2.41. The van der Waals surface area contributed by atoms with Gasteiger partial charge in [-0.25, -0.2) is 0 Å². The second kappa shape index (κ2) is 81.5. The summed E-state index contributed by atoms with van der Waals surface area (Å²) in [6.07, 6.45) is 0. The topological polar surface area (TPSA) is 0 Å². The molecule has 7 heavy (non-hydrogen) atoms. The summed E-state index contributed by atoms with van der Waals surface area (Å²) in [6, 6.07) is 0. The summed E-state index contributed by atoms with van der Waals surface area (Å²) in [5, 5.41) is 0. The van der Waals surface area contributed by atoms with Crippen LogP contribution in [0.4, 0.5) is 5.72 Å². The van der Waals surface area contributed by atoms with Crippen LogP contribution in [0.1, 0.15) is 29.7 Å². The van der Waals surface area contributed by atoms with E-state index < -0.39 is 22.4 Å². The molecule has 0 aliphatic carbocycles. The van der Waals surface area contributed by atoms with E-state index in [4.69, 9.17) is 0 Å². The molecule has 54 valence electrons. The minimum atomic E-state index is -2.41.